The Morgan fingerprint density at radius 2 is 2.38 bits per heavy atom. The molecule has 0 radical (unpaired) electrons. The van der Waals surface area contributed by atoms with Crippen LogP contribution in [-0.2, 0) is 0 Å². The van der Waals surface area contributed by atoms with E-state index in [-0.39, 0.29) is 12.0 Å². The molecule has 0 aliphatic heterocycles. The summed E-state index contributed by atoms with van der Waals surface area (Å²) in [6, 6.07) is 3.91. The minimum Gasteiger partial charge on any atom is -0.359 e. The second-order valence-corrected chi connectivity index (χ2v) is 3.93. The molecule has 1 aliphatic rings. The summed E-state index contributed by atoms with van der Waals surface area (Å²) in [4.78, 5) is 7.39. The molecule has 2 atom stereocenters. The van der Waals surface area contributed by atoms with E-state index in [0.717, 1.165) is 12.1 Å². The number of allylic oxidation sites excluding steroid dienone is 1. The molecule has 3 N–H and O–H groups in total. The van der Waals surface area contributed by atoms with Gasteiger partial charge in [0.15, 0.2) is 0 Å². The van der Waals surface area contributed by atoms with Gasteiger partial charge in [0.2, 0.25) is 11.7 Å². The SMILES string of the molecule is NC1C=CC(c2nc(-c3ccc[nH]3)no2)C1. The monoisotopic (exact) mass is 216 g/mol. The molecule has 0 spiro atoms. The van der Waals surface area contributed by atoms with Gasteiger partial charge in [0.25, 0.3) is 0 Å². The third-order valence-electron chi connectivity index (χ3n) is 2.71. The highest BCUT2D eigenvalue weighted by Gasteiger charge is 2.23. The van der Waals surface area contributed by atoms with Gasteiger partial charge in [-0.15, -0.1) is 0 Å². The minimum absolute atomic E-state index is 0.103. The van der Waals surface area contributed by atoms with Crippen LogP contribution < -0.4 is 5.73 Å². The molecule has 5 heteroatoms. The predicted molar refractivity (Wildman–Crippen MR) is 58.6 cm³/mol. The molecule has 2 aromatic heterocycles. The number of rotatable bonds is 2. The zero-order valence-electron chi connectivity index (χ0n) is 8.63. The molecule has 82 valence electrons. The van der Waals surface area contributed by atoms with E-state index in [9.17, 15) is 0 Å². The summed E-state index contributed by atoms with van der Waals surface area (Å²) in [5.74, 6) is 1.38. The van der Waals surface area contributed by atoms with Crippen molar-refractivity contribution in [2.75, 3.05) is 0 Å². The van der Waals surface area contributed by atoms with Gasteiger partial charge in [0, 0.05) is 12.2 Å². The van der Waals surface area contributed by atoms with Gasteiger partial charge < -0.3 is 15.2 Å². The van der Waals surface area contributed by atoms with Crippen LogP contribution >= 0.6 is 0 Å². The van der Waals surface area contributed by atoms with Gasteiger partial charge in [-0.2, -0.15) is 4.98 Å². The minimum atomic E-state index is 0.103. The summed E-state index contributed by atoms with van der Waals surface area (Å²) in [5, 5.41) is 3.94. The number of H-pyrrole nitrogens is 1. The molecule has 3 rings (SSSR count). The molecule has 0 bridgehead atoms. The zero-order valence-corrected chi connectivity index (χ0v) is 8.63. The molecule has 0 saturated heterocycles. The lowest BCUT2D eigenvalue weighted by atomic mass is 10.1. The normalized spacial score (nSPS) is 24.1. The fourth-order valence-electron chi connectivity index (χ4n) is 1.87. The molecular formula is C11H12N4O. The van der Waals surface area contributed by atoms with E-state index in [1.807, 2.05) is 30.5 Å². The summed E-state index contributed by atoms with van der Waals surface area (Å²) in [6.07, 6.45) is 6.67. The van der Waals surface area contributed by atoms with Gasteiger partial charge in [-0.1, -0.05) is 17.3 Å². The van der Waals surface area contributed by atoms with Crippen LogP contribution in [0.3, 0.4) is 0 Å². The molecule has 0 aromatic carbocycles. The van der Waals surface area contributed by atoms with Gasteiger partial charge in [-0.25, -0.2) is 0 Å². The summed E-state index contributed by atoms with van der Waals surface area (Å²) < 4.78 is 5.23. The maximum Gasteiger partial charge on any atom is 0.234 e. The van der Waals surface area contributed by atoms with Crippen LogP contribution in [0.15, 0.2) is 35.0 Å². The van der Waals surface area contributed by atoms with E-state index in [4.69, 9.17) is 10.3 Å². The van der Waals surface area contributed by atoms with Crippen molar-refractivity contribution in [3.63, 3.8) is 0 Å². The number of aromatic nitrogens is 3. The Balaban J connectivity index is 1.86. The molecule has 2 aromatic rings. The van der Waals surface area contributed by atoms with Crippen molar-refractivity contribution in [3.05, 3.63) is 36.4 Å². The Morgan fingerprint density at radius 1 is 1.44 bits per heavy atom. The summed E-state index contributed by atoms with van der Waals surface area (Å²) >= 11 is 0. The maximum atomic E-state index is 5.78. The number of hydrogen-bond donors (Lipinski definition) is 2. The fraction of sp³-hybridized carbons (Fsp3) is 0.273. The first-order chi connectivity index (χ1) is 7.83. The van der Waals surface area contributed by atoms with Crippen molar-refractivity contribution in [1.29, 1.82) is 0 Å². The summed E-state index contributed by atoms with van der Waals surface area (Å²) in [6.45, 7) is 0. The summed E-state index contributed by atoms with van der Waals surface area (Å²) in [5.41, 5.74) is 6.64. The van der Waals surface area contributed by atoms with Crippen molar-refractivity contribution in [2.24, 2.45) is 5.73 Å². The van der Waals surface area contributed by atoms with Crippen LogP contribution in [0.25, 0.3) is 11.5 Å². The Hall–Kier alpha value is -1.88. The molecule has 1 aliphatic carbocycles. The second kappa shape index (κ2) is 3.61. The quantitative estimate of drug-likeness (QED) is 0.744. The largest absolute Gasteiger partial charge is 0.359 e. The summed E-state index contributed by atoms with van der Waals surface area (Å²) in [7, 11) is 0. The highest BCUT2D eigenvalue weighted by molar-refractivity contribution is 5.48. The Kier molecular flexibility index (Phi) is 2.11. The van der Waals surface area contributed by atoms with E-state index in [0.29, 0.717) is 11.7 Å². The van der Waals surface area contributed by atoms with Crippen LogP contribution in [0.4, 0.5) is 0 Å². The van der Waals surface area contributed by atoms with Crippen LogP contribution in [0.2, 0.25) is 0 Å². The Bertz CT molecular complexity index is 500. The van der Waals surface area contributed by atoms with E-state index >= 15 is 0 Å². The van der Waals surface area contributed by atoms with Crippen LogP contribution in [0, 0.1) is 0 Å². The van der Waals surface area contributed by atoms with Crippen LogP contribution in [-0.4, -0.2) is 21.2 Å². The lowest BCUT2D eigenvalue weighted by molar-refractivity contribution is 0.364. The molecule has 2 heterocycles. The van der Waals surface area contributed by atoms with E-state index < -0.39 is 0 Å². The van der Waals surface area contributed by atoms with Gasteiger partial charge in [0.1, 0.15) is 0 Å². The smallest absolute Gasteiger partial charge is 0.234 e. The van der Waals surface area contributed by atoms with Gasteiger partial charge >= 0.3 is 0 Å². The molecule has 5 nitrogen and oxygen atoms in total. The van der Waals surface area contributed by atoms with Gasteiger partial charge in [0.05, 0.1) is 11.6 Å². The van der Waals surface area contributed by atoms with Crippen molar-refractivity contribution in [3.8, 4) is 11.5 Å². The zero-order chi connectivity index (χ0) is 11.0. The third kappa shape index (κ3) is 1.55. The number of aromatic amines is 1. The van der Waals surface area contributed by atoms with Crippen molar-refractivity contribution in [1.82, 2.24) is 15.1 Å². The van der Waals surface area contributed by atoms with Crippen LogP contribution in [0.1, 0.15) is 18.2 Å². The first-order valence-corrected chi connectivity index (χ1v) is 5.24. The molecule has 0 saturated carbocycles. The Labute approximate surface area is 92.4 Å². The number of hydrogen-bond acceptors (Lipinski definition) is 4. The standard InChI is InChI=1S/C11H12N4O/c12-8-4-3-7(6-8)11-14-10(15-16-11)9-2-1-5-13-9/h1-5,7-8,13H,6,12H2. The average molecular weight is 216 g/mol. The third-order valence-corrected chi connectivity index (χ3v) is 2.71. The first kappa shape index (κ1) is 9.35. The van der Waals surface area contributed by atoms with Crippen molar-refractivity contribution in [2.45, 2.75) is 18.4 Å². The van der Waals surface area contributed by atoms with Gasteiger partial charge in [-0.3, -0.25) is 0 Å². The fourth-order valence-corrected chi connectivity index (χ4v) is 1.87. The van der Waals surface area contributed by atoms with Crippen molar-refractivity contribution < 1.29 is 4.52 Å². The molecule has 2 unspecified atom stereocenters. The van der Waals surface area contributed by atoms with E-state index in [1.54, 1.807) is 0 Å². The van der Waals surface area contributed by atoms with E-state index in [2.05, 4.69) is 15.1 Å². The Morgan fingerprint density at radius 3 is 3.06 bits per heavy atom. The van der Waals surface area contributed by atoms with Gasteiger partial charge in [-0.05, 0) is 18.6 Å². The number of nitrogens with zero attached hydrogens (tertiary/aromatic N) is 2. The first-order valence-electron chi connectivity index (χ1n) is 5.24. The highest BCUT2D eigenvalue weighted by Crippen LogP contribution is 2.27. The predicted octanol–water partition coefficient (Wildman–Crippen LogP) is 1.44. The van der Waals surface area contributed by atoms with Crippen molar-refractivity contribution >= 4 is 0 Å². The molecule has 16 heavy (non-hydrogen) atoms. The maximum absolute atomic E-state index is 5.78. The van der Waals surface area contributed by atoms with Crippen LogP contribution in [0.5, 0.6) is 0 Å². The second-order valence-electron chi connectivity index (χ2n) is 3.93. The number of nitrogens with one attached hydrogen (secondary N) is 1. The molecule has 0 amide bonds. The molecular weight excluding hydrogens is 204 g/mol. The highest BCUT2D eigenvalue weighted by atomic mass is 16.5. The number of nitrogens with two attached hydrogens (primary N) is 1. The molecule has 0 fully saturated rings. The lowest BCUT2D eigenvalue weighted by Crippen LogP contribution is -2.14. The average Bonchev–Trinajstić information content (AvgIpc) is 2.97. The topological polar surface area (TPSA) is 80.7 Å². The lowest BCUT2D eigenvalue weighted by Gasteiger charge is -2.01. The van der Waals surface area contributed by atoms with E-state index in [1.165, 1.54) is 0 Å².